The van der Waals surface area contributed by atoms with E-state index in [9.17, 15) is 9.59 Å². The molecule has 7 nitrogen and oxygen atoms in total. The highest BCUT2D eigenvalue weighted by molar-refractivity contribution is 5.90. The molecular formula is C25H29N3O4. The lowest BCUT2D eigenvalue weighted by molar-refractivity contribution is -0.0943. The van der Waals surface area contributed by atoms with Crippen LogP contribution in [0.3, 0.4) is 0 Å². The fraction of sp³-hybridized carbons (Fsp3) is 0.360. The minimum absolute atomic E-state index is 0.163. The number of urea groups is 1. The maximum atomic E-state index is 13.2. The molecule has 1 aliphatic heterocycles. The number of aryl methyl sites for hydroxylation is 3. The monoisotopic (exact) mass is 435 g/mol. The molecule has 0 saturated carbocycles. The molecule has 168 valence electrons. The van der Waals surface area contributed by atoms with E-state index >= 15 is 0 Å². The van der Waals surface area contributed by atoms with Crippen LogP contribution in [-0.2, 0) is 16.0 Å². The molecule has 4 rings (SSSR count). The van der Waals surface area contributed by atoms with Crippen molar-refractivity contribution in [2.24, 2.45) is 0 Å². The Hall–Kier alpha value is -3.16. The van der Waals surface area contributed by atoms with Crippen LogP contribution in [0.5, 0.6) is 0 Å². The number of hydrogen-bond acceptors (Lipinski definition) is 4. The second-order valence-corrected chi connectivity index (χ2v) is 8.36. The highest BCUT2D eigenvalue weighted by Crippen LogP contribution is 2.20. The van der Waals surface area contributed by atoms with E-state index in [0.717, 1.165) is 33.3 Å². The van der Waals surface area contributed by atoms with Gasteiger partial charge in [-0.15, -0.1) is 0 Å². The summed E-state index contributed by atoms with van der Waals surface area (Å²) in [6.45, 7) is 7.89. The van der Waals surface area contributed by atoms with Gasteiger partial charge < -0.3 is 24.7 Å². The Morgan fingerprint density at radius 1 is 1.12 bits per heavy atom. The number of para-hydroxylation sites is 1. The van der Waals surface area contributed by atoms with Crippen molar-refractivity contribution >= 4 is 22.6 Å². The van der Waals surface area contributed by atoms with E-state index in [0.29, 0.717) is 31.9 Å². The number of amides is 2. The van der Waals surface area contributed by atoms with E-state index in [1.807, 2.05) is 63.2 Å². The Kier molecular flexibility index (Phi) is 6.58. The number of pyridine rings is 1. The molecule has 0 bridgehead atoms. The minimum Gasteiger partial charge on any atom is -0.376 e. The molecule has 2 heterocycles. The number of aromatic nitrogens is 1. The quantitative estimate of drug-likeness (QED) is 0.637. The lowest BCUT2D eigenvalue weighted by atomic mass is 10.1. The first-order chi connectivity index (χ1) is 15.4. The Morgan fingerprint density at radius 3 is 2.69 bits per heavy atom. The second kappa shape index (κ2) is 9.54. The molecule has 0 radical (unpaired) electrons. The molecule has 1 saturated heterocycles. The van der Waals surface area contributed by atoms with Gasteiger partial charge in [-0.2, -0.15) is 0 Å². The van der Waals surface area contributed by atoms with E-state index in [1.165, 1.54) is 0 Å². The summed E-state index contributed by atoms with van der Waals surface area (Å²) in [6, 6.07) is 13.3. The summed E-state index contributed by atoms with van der Waals surface area (Å²) in [4.78, 5) is 30.7. The topological polar surface area (TPSA) is 83.7 Å². The van der Waals surface area contributed by atoms with E-state index in [1.54, 1.807) is 4.90 Å². The van der Waals surface area contributed by atoms with Crippen molar-refractivity contribution in [3.05, 3.63) is 75.1 Å². The average Bonchev–Trinajstić information content (AvgIpc) is 2.76. The molecule has 1 atom stereocenters. The van der Waals surface area contributed by atoms with Gasteiger partial charge in [-0.3, -0.25) is 4.79 Å². The third-order valence-corrected chi connectivity index (χ3v) is 5.71. The number of anilines is 1. The first-order valence-corrected chi connectivity index (χ1v) is 10.8. The van der Waals surface area contributed by atoms with Crippen molar-refractivity contribution < 1.29 is 14.3 Å². The number of hydrogen-bond donors (Lipinski definition) is 2. The molecule has 0 unspecified atom stereocenters. The Morgan fingerprint density at radius 2 is 1.94 bits per heavy atom. The number of nitrogens with one attached hydrogen (secondary N) is 2. The summed E-state index contributed by atoms with van der Waals surface area (Å²) in [7, 11) is 0. The number of rotatable bonds is 5. The van der Waals surface area contributed by atoms with Gasteiger partial charge in [-0.25, -0.2) is 4.79 Å². The first kappa shape index (κ1) is 22.0. The molecular weight excluding hydrogens is 406 g/mol. The van der Waals surface area contributed by atoms with Crippen molar-refractivity contribution in [3.63, 3.8) is 0 Å². The molecule has 0 aliphatic carbocycles. The zero-order chi connectivity index (χ0) is 22.7. The number of H-pyrrole nitrogens is 1. The van der Waals surface area contributed by atoms with Crippen LogP contribution < -0.4 is 10.9 Å². The Labute approximate surface area is 187 Å². The molecule has 1 aromatic heterocycles. The van der Waals surface area contributed by atoms with Gasteiger partial charge in [0.25, 0.3) is 5.56 Å². The Balaban J connectivity index is 1.63. The molecule has 3 aromatic rings. The minimum atomic E-state index is -0.284. The number of carbonyl (C=O) groups excluding carboxylic acids is 1. The van der Waals surface area contributed by atoms with Gasteiger partial charge in [-0.1, -0.05) is 29.8 Å². The molecule has 0 spiro atoms. The maximum absolute atomic E-state index is 13.2. The number of benzene rings is 2. The SMILES string of the molecule is Cc1cc(C)c2[nH]c(=O)c(CN(C[C@H]3COCCO3)C(=O)Nc3ccccc3C)cc2c1. The van der Waals surface area contributed by atoms with Crippen molar-refractivity contribution in [1.82, 2.24) is 9.88 Å². The van der Waals surface area contributed by atoms with Crippen molar-refractivity contribution in [1.29, 1.82) is 0 Å². The lowest BCUT2D eigenvalue weighted by Gasteiger charge is -2.30. The van der Waals surface area contributed by atoms with Crippen LogP contribution in [0.2, 0.25) is 0 Å². The molecule has 32 heavy (non-hydrogen) atoms. The summed E-state index contributed by atoms with van der Waals surface area (Å²) in [5, 5.41) is 3.93. The normalized spacial score (nSPS) is 16.2. The maximum Gasteiger partial charge on any atom is 0.322 e. The molecule has 7 heteroatoms. The molecule has 2 aromatic carbocycles. The van der Waals surface area contributed by atoms with Crippen LogP contribution in [0.4, 0.5) is 10.5 Å². The van der Waals surface area contributed by atoms with Crippen LogP contribution in [0, 0.1) is 20.8 Å². The third kappa shape index (κ3) is 5.00. The zero-order valence-corrected chi connectivity index (χ0v) is 18.7. The van der Waals surface area contributed by atoms with Gasteiger partial charge in [0, 0.05) is 11.3 Å². The summed E-state index contributed by atoms with van der Waals surface area (Å²) in [5.41, 5.74) is 5.00. The summed E-state index contributed by atoms with van der Waals surface area (Å²) < 4.78 is 11.3. The van der Waals surface area contributed by atoms with Crippen molar-refractivity contribution in [2.75, 3.05) is 31.7 Å². The first-order valence-electron chi connectivity index (χ1n) is 10.8. The van der Waals surface area contributed by atoms with Gasteiger partial charge in [0.15, 0.2) is 0 Å². The van der Waals surface area contributed by atoms with Gasteiger partial charge in [-0.05, 0) is 55.5 Å². The van der Waals surface area contributed by atoms with Crippen LogP contribution in [0.15, 0.2) is 47.3 Å². The molecule has 1 aliphatic rings. The summed E-state index contributed by atoms with van der Waals surface area (Å²) in [6.07, 6.45) is -0.240. The Bertz CT molecular complexity index is 1180. The number of ether oxygens (including phenoxy) is 2. The fourth-order valence-corrected chi connectivity index (χ4v) is 4.07. The standard InChI is InChI=1S/C25H29N3O4/c1-16-10-18(3)23-19(11-16)12-20(24(29)27-23)13-28(14-21-15-31-8-9-32-21)25(30)26-22-7-5-4-6-17(22)2/h4-7,10-12,21H,8-9,13-15H2,1-3H3,(H,26,30)(H,27,29)/t21-/m0/s1. The van der Waals surface area contributed by atoms with Crippen LogP contribution in [0.25, 0.3) is 10.9 Å². The van der Waals surface area contributed by atoms with E-state index in [4.69, 9.17) is 9.47 Å². The predicted molar refractivity (Wildman–Crippen MR) is 125 cm³/mol. The summed E-state index contributed by atoms with van der Waals surface area (Å²) in [5.74, 6) is 0. The lowest BCUT2D eigenvalue weighted by Crippen LogP contribution is -2.44. The molecule has 2 amide bonds. The fourth-order valence-electron chi connectivity index (χ4n) is 4.07. The third-order valence-electron chi connectivity index (χ3n) is 5.71. The van der Waals surface area contributed by atoms with Crippen LogP contribution in [0.1, 0.15) is 22.3 Å². The summed E-state index contributed by atoms with van der Waals surface area (Å²) >= 11 is 0. The number of aromatic amines is 1. The smallest absolute Gasteiger partial charge is 0.322 e. The van der Waals surface area contributed by atoms with Gasteiger partial charge in [0.2, 0.25) is 0 Å². The number of nitrogens with zero attached hydrogens (tertiary/aromatic N) is 1. The van der Waals surface area contributed by atoms with Crippen LogP contribution >= 0.6 is 0 Å². The molecule has 1 fully saturated rings. The predicted octanol–water partition coefficient (Wildman–Crippen LogP) is 3.90. The second-order valence-electron chi connectivity index (χ2n) is 8.36. The molecule has 2 N–H and O–H groups in total. The van der Waals surface area contributed by atoms with E-state index in [2.05, 4.69) is 10.3 Å². The average molecular weight is 436 g/mol. The van der Waals surface area contributed by atoms with Gasteiger partial charge in [0.1, 0.15) is 0 Å². The largest absolute Gasteiger partial charge is 0.376 e. The van der Waals surface area contributed by atoms with E-state index < -0.39 is 0 Å². The van der Waals surface area contributed by atoms with Crippen molar-refractivity contribution in [3.8, 4) is 0 Å². The van der Waals surface area contributed by atoms with Crippen LogP contribution in [-0.4, -0.2) is 48.4 Å². The number of fused-ring (bicyclic) bond motifs is 1. The highest BCUT2D eigenvalue weighted by atomic mass is 16.6. The van der Waals surface area contributed by atoms with Crippen molar-refractivity contribution in [2.45, 2.75) is 33.4 Å². The number of carbonyl (C=O) groups is 1. The van der Waals surface area contributed by atoms with Gasteiger partial charge in [0.05, 0.1) is 44.5 Å². The highest BCUT2D eigenvalue weighted by Gasteiger charge is 2.24. The zero-order valence-electron chi connectivity index (χ0n) is 18.7. The van der Waals surface area contributed by atoms with E-state index in [-0.39, 0.29) is 24.2 Å². The van der Waals surface area contributed by atoms with Gasteiger partial charge >= 0.3 is 6.03 Å².